The monoisotopic (exact) mass is 522 g/mol. The second-order valence-electron chi connectivity index (χ2n) is 7.09. The average Bonchev–Trinajstić information content (AvgIpc) is 2.63. The molecule has 0 amide bonds. The van der Waals surface area contributed by atoms with E-state index in [0.29, 0.717) is 0 Å². The standard InChI is InChI=1S/3C6H12O2.C4H9.Sn/c3*1-2-3-4-5-6(7)8;1-4(2)3;/h3*2-5H2,1H3,(H,7,8);4H,1H2,2-3H3;/q;;;;+3/p-3. The SMILES string of the molecule is CC(C)[CH2][Sn+3].CCCCCC(=O)[O-].CCCCCC(=O)[O-].CCCCCC(=O)[O-]. The molecular formula is C22H42O6Sn. The summed E-state index contributed by atoms with van der Waals surface area (Å²) in [5.41, 5.74) is 0. The van der Waals surface area contributed by atoms with Gasteiger partial charge in [-0.25, -0.2) is 0 Å². The van der Waals surface area contributed by atoms with Crippen LogP contribution in [0.25, 0.3) is 0 Å². The number of carbonyl (C=O) groups excluding carboxylic acids is 3. The fourth-order valence-electron chi connectivity index (χ4n) is 1.56. The summed E-state index contributed by atoms with van der Waals surface area (Å²) in [4.78, 5) is 29.3. The first kappa shape index (κ1) is 35.6. The van der Waals surface area contributed by atoms with Gasteiger partial charge in [-0.3, -0.25) is 0 Å². The number of carbonyl (C=O) groups is 3. The first-order chi connectivity index (χ1) is 13.6. The zero-order valence-electron chi connectivity index (χ0n) is 19.2. The van der Waals surface area contributed by atoms with E-state index in [1.165, 1.54) is 4.44 Å². The molecule has 6 nitrogen and oxygen atoms in total. The molecule has 0 aromatic heterocycles. The number of hydrogen-bond donors (Lipinski definition) is 0. The normalized spacial score (nSPS) is 9.24. The van der Waals surface area contributed by atoms with Crippen molar-refractivity contribution in [2.24, 2.45) is 5.92 Å². The minimum Gasteiger partial charge on any atom is -0.550 e. The van der Waals surface area contributed by atoms with Crippen molar-refractivity contribution in [3.63, 3.8) is 0 Å². The molecule has 0 atom stereocenters. The molecule has 0 N–H and O–H groups in total. The van der Waals surface area contributed by atoms with Gasteiger partial charge in [-0.2, -0.15) is 0 Å². The summed E-state index contributed by atoms with van der Waals surface area (Å²) in [6.07, 6.45) is 9.11. The van der Waals surface area contributed by atoms with Gasteiger partial charge in [0.15, 0.2) is 0 Å². The van der Waals surface area contributed by atoms with Crippen LogP contribution in [0.15, 0.2) is 0 Å². The smallest absolute Gasteiger partial charge is 0.0414 e. The zero-order chi connectivity index (χ0) is 23.5. The van der Waals surface area contributed by atoms with Crippen molar-refractivity contribution in [1.29, 1.82) is 0 Å². The van der Waals surface area contributed by atoms with E-state index in [2.05, 4.69) is 13.8 Å². The van der Waals surface area contributed by atoms with Crippen LogP contribution >= 0.6 is 0 Å². The van der Waals surface area contributed by atoms with Gasteiger partial charge in [0, 0.05) is 17.9 Å². The first-order valence-electron chi connectivity index (χ1n) is 10.8. The van der Waals surface area contributed by atoms with Crippen LogP contribution in [0.2, 0.25) is 4.44 Å². The molecule has 7 heteroatoms. The molecule has 0 aliphatic rings. The Hall–Kier alpha value is -0.791. The van der Waals surface area contributed by atoms with Crippen LogP contribution in [0.5, 0.6) is 0 Å². The number of aliphatic carboxylic acids is 3. The van der Waals surface area contributed by atoms with E-state index in [1.807, 2.05) is 20.8 Å². The molecule has 0 aliphatic carbocycles. The molecule has 0 heterocycles. The first-order valence-corrected chi connectivity index (χ1v) is 12.8. The summed E-state index contributed by atoms with van der Waals surface area (Å²) in [5, 5.41) is 29.3. The van der Waals surface area contributed by atoms with E-state index in [9.17, 15) is 29.7 Å². The van der Waals surface area contributed by atoms with Crippen LogP contribution in [0.4, 0.5) is 0 Å². The Morgan fingerprint density at radius 3 is 0.931 bits per heavy atom. The second-order valence-corrected chi connectivity index (χ2v) is 8.25. The zero-order valence-corrected chi connectivity index (χ0v) is 22.1. The van der Waals surface area contributed by atoms with Gasteiger partial charge >= 0.3 is 46.7 Å². The molecule has 0 fully saturated rings. The van der Waals surface area contributed by atoms with Crippen LogP contribution in [-0.4, -0.2) is 40.4 Å². The molecule has 0 aliphatic heterocycles. The van der Waals surface area contributed by atoms with Gasteiger partial charge in [0.1, 0.15) is 0 Å². The van der Waals surface area contributed by atoms with Gasteiger partial charge < -0.3 is 29.7 Å². The molecule has 0 aromatic carbocycles. The van der Waals surface area contributed by atoms with Gasteiger partial charge in [-0.15, -0.1) is 0 Å². The number of unbranched alkanes of at least 4 members (excludes halogenated alkanes) is 6. The number of carboxylic acids is 3. The van der Waals surface area contributed by atoms with Crippen molar-refractivity contribution in [1.82, 2.24) is 0 Å². The maximum Gasteiger partial charge on any atom is 0.0414 e. The molecule has 0 saturated carbocycles. The largest absolute Gasteiger partial charge is 0.550 e. The quantitative estimate of drug-likeness (QED) is 0.271. The van der Waals surface area contributed by atoms with Crippen LogP contribution < -0.4 is 15.3 Å². The molecule has 0 radical (unpaired) electrons. The van der Waals surface area contributed by atoms with E-state index < -0.39 is 17.9 Å². The predicted molar refractivity (Wildman–Crippen MR) is 113 cm³/mol. The Morgan fingerprint density at radius 2 is 0.828 bits per heavy atom. The third-order valence-electron chi connectivity index (χ3n) is 3.36. The van der Waals surface area contributed by atoms with Crippen molar-refractivity contribution >= 4 is 40.4 Å². The summed E-state index contributed by atoms with van der Waals surface area (Å²) in [7, 11) is 0. The Bertz CT molecular complexity index is 312. The number of rotatable bonds is 13. The number of hydrogen-bond acceptors (Lipinski definition) is 6. The Kier molecular flexibility index (Phi) is 39.2. The van der Waals surface area contributed by atoms with Gasteiger partial charge in [-0.1, -0.05) is 59.3 Å². The number of carboxylic acid groups (broad SMARTS) is 3. The van der Waals surface area contributed by atoms with Crippen LogP contribution in [-0.2, 0) is 14.4 Å². The van der Waals surface area contributed by atoms with Crippen molar-refractivity contribution in [3.8, 4) is 0 Å². The van der Waals surface area contributed by atoms with E-state index in [1.54, 1.807) is 22.5 Å². The minimum absolute atomic E-state index is 0.216. The van der Waals surface area contributed by atoms with Crippen molar-refractivity contribution in [2.75, 3.05) is 0 Å². The van der Waals surface area contributed by atoms with E-state index in [4.69, 9.17) is 0 Å². The Balaban J connectivity index is -0.000000146. The maximum atomic E-state index is 9.76. The molecular weight excluding hydrogens is 479 g/mol. The Labute approximate surface area is 191 Å². The molecule has 29 heavy (non-hydrogen) atoms. The summed E-state index contributed by atoms with van der Waals surface area (Å²) in [6, 6.07) is 0. The average molecular weight is 521 g/mol. The van der Waals surface area contributed by atoms with Crippen molar-refractivity contribution < 1.29 is 29.7 Å². The molecule has 0 rings (SSSR count). The topological polar surface area (TPSA) is 120 Å². The molecule has 170 valence electrons. The third-order valence-corrected chi connectivity index (χ3v) is 5.69. The van der Waals surface area contributed by atoms with Crippen LogP contribution in [0.3, 0.4) is 0 Å². The third kappa shape index (κ3) is 65.8. The van der Waals surface area contributed by atoms with E-state index in [-0.39, 0.29) is 19.3 Å². The van der Waals surface area contributed by atoms with E-state index >= 15 is 0 Å². The summed E-state index contributed by atoms with van der Waals surface area (Å²) < 4.78 is 1.40. The predicted octanol–water partition coefficient (Wildman–Crippen LogP) is 2.18. The molecule has 0 bridgehead atoms. The van der Waals surface area contributed by atoms with E-state index in [0.717, 1.165) is 63.7 Å². The summed E-state index contributed by atoms with van der Waals surface area (Å²) in [5.74, 6) is -1.87. The molecule has 0 saturated heterocycles. The minimum atomic E-state index is -0.932. The van der Waals surface area contributed by atoms with Gasteiger partial charge in [0.25, 0.3) is 0 Å². The van der Waals surface area contributed by atoms with Crippen molar-refractivity contribution in [2.45, 2.75) is 116 Å². The van der Waals surface area contributed by atoms with Crippen LogP contribution in [0, 0.1) is 5.92 Å². The van der Waals surface area contributed by atoms with Gasteiger partial charge in [0.2, 0.25) is 0 Å². The summed E-state index contributed by atoms with van der Waals surface area (Å²) in [6.45, 7) is 10.6. The van der Waals surface area contributed by atoms with Gasteiger partial charge in [-0.05, 0) is 38.5 Å². The fraction of sp³-hybridized carbons (Fsp3) is 0.864. The fourth-order valence-corrected chi connectivity index (χ4v) is 1.56. The van der Waals surface area contributed by atoms with Gasteiger partial charge in [0.05, 0.1) is 0 Å². The molecule has 0 aromatic rings. The molecule has 0 unspecified atom stereocenters. The summed E-state index contributed by atoms with van der Waals surface area (Å²) >= 11 is 1.66. The van der Waals surface area contributed by atoms with Crippen LogP contribution in [0.1, 0.15) is 112 Å². The maximum absolute atomic E-state index is 9.76. The second kappa shape index (κ2) is 31.9. The van der Waals surface area contributed by atoms with Crippen molar-refractivity contribution in [3.05, 3.63) is 0 Å². The Morgan fingerprint density at radius 1 is 0.621 bits per heavy atom. The molecule has 0 spiro atoms.